The third-order valence-electron chi connectivity index (χ3n) is 1.81. The molecule has 1 N–H and O–H groups in total. The standard InChI is InChI=1S/C8H17NOS/c1-7(2)5-11(10)6-8-3-9-4-8/h7-9H,3-6H2,1-2H3. The lowest BCUT2D eigenvalue weighted by atomic mass is 10.1. The largest absolute Gasteiger partial charge is 0.316 e. The Morgan fingerprint density at radius 1 is 1.55 bits per heavy atom. The molecule has 1 aliphatic heterocycles. The summed E-state index contributed by atoms with van der Waals surface area (Å²) in [6, 6.07) is 0. The van der Waals surface area contributed by atoms with Crippen molar-refractivity contribution in [1.29, 1.82) is 0 Å². The van der Waals surface area contributed by atoms with E-state index in [1.165, 1.54) is 0 Å². The Balaban J connectivity index is 2.09. The molecule has 66 valence electrons. The van der Waals surface area contributed by atoms with E-state index < -0.39 is 10.8 Å². The first kappa shape index (κ1) is 9.20. The second kappa shape index (κ2) is 4.21. The highest BCUT2D eigenvalue weighted by molar-refractivity contribution is 7.85. The minimum absolute atomic E-state index is 0.569. The van der Waals surface area contributed by atoms with E-state index in [9.17, 15) is 4.21 Å². The van der Waals surface area contributed by atoms with E-state index in [4.69, 9.17) is 0 Å². The molecular formula is C8H17NOS. The SMILES string of the molecule is CC(C)CS(=O)CC1CNC1. The minimum Gasteiger partial charge on any atom is -0.316 e. The molecule has 3 heteroatoms. The average Bonchev–Trinajstić information content (AvgIpc) is 1.77. The van der Waals surface area contributed by atoms with E-state index in [1.54, 1.807) is 0 Å². The summed E-state index contributed by atoms with van der Waals surface area (Å²) in [5.41, 5.74) is 0. The van der Waals surface area contributed by atoms with Gasteiger partial charge >= 0.3 is 0 Å². The van der Waals surface area contributed by atoms with E-state index in [-0.39, 0.29) is 0 Å². The van der Waals surface area contributed by atoms with Gasteiger partial charge in [-0.25, -0.2) is 0 Å². The Morgan fingerprint density at radius 3 is 2.55 bits per heavy atom. The highest BCUT2D eigenvalue weighted by atomic mass is 32.2. The van der Waals surface area contributed by atoms with Crippen molar-refractivity contribution >= 4 is 10.8 Å². The molecule has 0 aromatic rings. The molecule has 1 heterocycles. The minimum atomic E-state index is -0.569. The summed E-state index contributed by atoms with van der Waals surface area (Å²) in [6.45, 7) is 6.39. The molecule has 1 rings (SSSR count). The van der Waals surface area contributed by atoms with Gasteiger partial charge < -0.3 is 5.32 Å². The van der Waals surface area contributed by atoms with Gasteiger partial charge in [-0.3, -0.25) is 4.21 Å². The number of rotatable bonds is 4. The lowest BCUT2D eigenvalue weighted by molar-refractivity contribution is 0.382. The topological polar surface area (TPSA) is 29.1 Å². The molecule has 0 spiro atoms. The van der Waals surface area contributed by atoms with Gasteiger partial charge in [-0.15, -0.1) is 0 Å². The maximum Gasteiger partial charge on any atom is 0.0287 e. The number of hydrogen-bond acceptors (Lipinski definition) is 2. The van der Waals surface area contributed by atoms with Crippen molar-refractivity contribution in [2.24, 2.45) is 11.8 Å². The quantitative estimate of drug-likeness (QED) is 0.678. The maximum absolute atomic E-state index is 11.3. The van der Waals surface area contributed by atoms with Crippen LogP contribution in [0.1, 0.15) is 13.8 Å². The van der Waals surface area contributed by atoms with Gasteiger partial charge in [0.2, 0.25) is 0 Å². The van der Waals surface area contributed by atoms with Gasteiger partial charge in [-0.05, 0) is 11.8 Å². The van der Waals surface area contributed by atoms with Crippen LogP contribution in [0.5, 0.6) is 0 Å². The van der Waals surface area contributed by atoms with E-state index in [1.807, 2.05) is 0 Å². The van der Waals surface area contributed by atoms with Gasteiger partial charge in [-0.2, -0.15) is 0 Å². The molecule has 0 amide bonds. The molecule has 0 radical (unpaired) electrons. The van der Waals surface area contributed by atoms with Crippen molar-refractivity contribution in [3.63, 3.8) is 0 Å². The molecule has 1 atom stereocenters. The zero-order chi connectivity index (χ0) is 8.27. The highest BCUT2D eigenvalue weighted by Gasteiger charge is 2.19. The van der Waals surface area contributed by atoms with Gasteiger partial charge in [-0.1, -0.05) is 13.8 Å². The number of hydrogen-bond donors (Lipinski definition) is 1. The van der Waals surface area contributed by atoms with Crippen molar-refractivity contribution in [1.82, 2.24) is 5.32 Å². The third kappa shape index (κ3) is 3.34. The lowest BCUT2D eigenvalue weighted by Gasteiger charge is -2.26. The van der Waals surface area contributed by atoms with Crippen LogP contribution >= 0.6 is 0 Å². The smallest absolute Gasteiger partial charge is 0.0287 e. The van der Waals surface area contributed by atoms with Gasteiger partial charge in [0.15, 0.2) is 0 Å². The first-order valence-electron chi connectivity index (χ1n) is 4.24. The van der Waals surface area contributed by atoms with Crippen LogP contribution in [0.15, 0.2) is 0 Å². The molecule has 0 aliphatic carbocycles. The van der Waals surface area contributed by atoms with E-state index in [0.717, 1.165) is 24.6 Å². The Hall–Kier alpha value is 0.110. The van der Waals surface area contributed by atoms with Crippen LogP contribution in [0.2, 0.25) is 0 Å². The van der Waals surface area contributed by atoms with Gasteiger partial charge in [0.25, 0.3) is 0 Å². The molecule has 0 aromatic heterocycles. The van der Waals surface area contributed by atoms with Gasteiger partial charge in [0.05, 0.1) is 0 Å². The number of nitrogens with one attached hydrogen (secondary N) is 1. The monoisotopic (exact) mass is 175 g/mol. The molecular weight excluding hydrogens is 158 g/mol. The molecule has 1 aliphatic rings. The van der Waals surface area contributed by atoms with Crippen LogP contribution in [0, 0.1) is 11.8 Å². The fourth-order valence-electron chi connectivity index (χ4n) is 1.17. The lowest BCUT2D eigenvalue weighted by Crippen LogP contribution is -2.45. The van der Waals surface area contributed by atoms with Crippen molar-refractivity contribution in [3.8, 4) is 0 Å². The van der Waals surface area contributed by atoms with E-state index >= 15 is 0 Å². The van der Waals surface area contributed by atoms with Crippen LogP contribution in [-0.4, -0.2) is 28.8 Å². The van der Waals surface area contributed by atoms with Gasteiger partial charge in [0, 0.05) is 35.4 Å². The summed E-state index contributed by atoms with van der Waals surface area (Å²) in [6.07, 6.45) is 0. The molecule has 0 bridgehead atoms. The Bertz CT molecular complexity index is 143. The molecule has 11 heavy (non-hydrogen) atoms. The second-order valence-electron chi connectivity index (χ2n) is 3.69. The van der Waals surface area contributed by atoms with Crippen molar-refractivity contribution in [2.45, 2.75) is 13.8 Å². The summed E-state index contributed by atoms with van der Waals surface area (Å²) in [5, 5.41) is 3.19. The Labute approximate surface area is 71.2 Å². The van der Waals surface area contributed by atoms with Crippen LogP contribution in [0.4, 0.5) is 0 Å². The molecule has 1 saturated heterocycles. The highest BCUT2D eigenvalue weighted by Crippen LogP contribution is 2.06. The molecule has 0 saturated carbocycles. The van der Waals surface area contributed by atoms with Gasteiger partial charge in [0.1, 0.15) is 0 Å². The summed E-state index contributed by atoms with van der Waals surface area (Å²) < 4.78 is 11.3. The Morgan fingerprint density at radius 2 is 2.18 bits per heavy atom. The van der Waals surface area contributed by atoms with E-state index in [0.29, 0.717) is 11.8 Å². The van der Waals surface area contributed by atoms with Crippen molar-refractivity contribution in [2.75, 3.05) is 24.6 Å². The maximum atomic E-state index is 11.3. The zero-order valence-electron chi connectivity index (χ0n) is 7.30. The average molecular weight is 175 g/mol. The van der Waals surface area contributed by atoms with Crippen molar-refractivity contribution < 1.29 is 4.21 Å². The summed E-state index contributed by atoms with van der Waals surface area (Å²) in [7, 11) is -0.569. The molecule has 1 unspecified atom stereocenters. The summed E-state index contributed by atoms with van der Waals surface area (Å²) in [4.78, 5) is 0. The zero-order valence-corrected chi connectivity index (χ0v) is 8.12. The summed E-state index contributed by atoms with van der Waals surface area (Å²) >= 11 is 0. The second-order valence-corrected chi connectivity index (χ2v) is 5.24. The first-order chi connectivity index (χ1) is 5.18. The van der Waals surface area contributed by atoms with Crippen LogP contribution in [0.25, 0.3) is 0 Å². The fourth-order valence-corrected chi connectivity index (χ4v) is 2.81. The summed E-state index contributed by atoms with van der Waals surface area (Å²) in [5.74, 6) is 3.04. The fraction of sp³-hybridized carbons (Fsp3) is 1.00. The molecule has 0 aromatic carbocycles. The third-order valence-corrected chi connectivity index (χ3v) is 3.69. The van der Waals surface area contributed by atoms with Crippen LogP contribution in [-0.2, 0) is 10.8 Å². The van der Waals surface area contributed by atoms with Crippen LogP contribution < -0.4 is 5.32 Å². The van der Waals surface area contributed by atoms with Crippen molar-refractivity contribution in [3.05, 3.63) is 0 Å². The normalized spacial score (nSPS) is 21.7. The first-order valence-corrected chi connectivity index (χ1v) is 5.73. The molecule has 2 nitrogen and oxygen atoms in total. The molecule has 1 fully saturated rings. The Kier molecular flexibility index (Phi) is 3.52. The predicted molar refractivity (Wildman–Crippen MR) is 49.1 cm³/mol. The van der Waals surface area contributed by atoms with Crippen LogP contribution in [0.3, 0.4) is 0 Å². The van der Waals surface area contributed by atoms with E-state index in [2.05, 4.69) is 19.2 Å². The predicted octanol–water partition coefficient (Wildman–Crippen LogP) is 0.611.